The van der Waals surface area contributed by atoms with E-state index in [1.807, 2.05) is 19.1 Å². The molecule has 0 aliphatic carbocycles. The van der Waals surface area contributed by atoms with Crippen molar-refractivity contribution in [2.75, 3.05) is 37.6 Å². The van der Waals surface area contributed by atoms with Gasteiger partial charge in [-0.1, -0.05) is 25.1 Å². The van der Waals surface area contributed by atoms with E-state index in [9.17, 15) is 14.4 Å². The van der Waals surface area contributed by atoms with Crippen molar-refractivity contribution in [3.05, 3.63) is 29.8 Å². The number of rotatable bonds is 4. The first kappa shape index (κ1) is 18.2. The zero-order valence-corrected chi connectivity index (χ0v) is 15.6. The van der Waals surface area contributed by atoms with E-state index >= 15 is 0 Å². The summed E-state index contributed by atoms with van der Waals surface area (Å²) in [7, 11) is 0. The zero-order chi connectivity index (χ0) is 18.9. The van der Waals surface area contributed by atoms with Gasteiger partial charge in [0.05, 0.1) is 0 Å². The maximum Gasteiger partial charge on any atom is 0.325 e. The van der Waals surface area contributed by atoms with E-state index in [1.165, 1.54) is 11.3 Å². The molecule has 7 nitrogen and oxygen atoms in total. The van der Waals surface area contributed by atoms with Crippen LogP contribution in [-0.4, -0.2) is 65.9 Å². The maximum atomic E-state index is 12.6. The molecule has 0 saturated carbocycles. The molecule has 1 N–H and O–H groups in total. The monoisotopic (exact) mass is 358 g/mol. The van der Waals surface area contributed by atoms with Crippen LogP contribution in [-0.2, 0) is 9.59 Å². The maximum absolute atomic E-state index is 12.6. The molecule has 4 amide bonds. The molecule has 2 aliphatic rings. The van der Waals surface area contributed by atoms with E-state index in [-0.39, 0.29) is 18.4 Å². The summed E-state index contributed by atoms with van der Waals surface area (Å²) in [6.45, 7) is 8.07. The fourth-order valence-corrected chi connectivity index (χ4v) is 3.48. The van der Waals surface area contributed by atoms with Gasteiger partial charge >= 0.3 is 6.03 Å². The molecule has 26 heavy (non-hydrogen) atoms. The molecule has 0 unspecified atom stereocenters. The number of nitrogens with zero attached hydrogens (tertiary/aromatic N) is 3. The zero-order valence-electron chi connectivity index (χ0n) is 15.6. The molecule has 2 aliphatic heterocycles. The molecule has 1 aromatic carbocycles. The van der Waals surface area contributed by atoms with Crippen LogP contribution in [0.25, 0.3) is 0 Å². The Morgan fingerprint density at radius 1 is 1.15 bits per heavy atom. The summed E-state index contributed by atoms with van der Waals surface area (Å²) >= 11 is 0. The standard InChI is InChI=1S/C19H26N4O3/c1-4-19(3)17(25)23(18(26)20-19)13-16(24)22-11-9-21(10-12-22)15-8-6-5-7-14(15)2/h5-8H,4,9-13H2,1-3H3,(H,20,26)/t19-/m0/s1. The second-order valence-electron chi connectivity index (χ2n) is 7.16. The second kappa shape index (κ2) is 6.97. The molecule has 0 spiro atoms. The highest BCUT2D eigenvalue weighted by Crippen LogP contribution is 2.22. The highest BCUT2D eigenvalue weighted by molar-refractivity contribution is 6.08. The Hall–Kier alpha value is -2.57. The van der Waals surface area contributed by atoms with E-state index in [0.29, 0.717) is 19.5 Å². The smallest absolute Gasteiger partial charge is 0.325 e. The summed E-state index contributed by atoms with van der Waals surface area (Å²) in [4.78, 5) is 42.1. The third-order valence-corrected chi connectivity index (χ3v) is 5.43. The second-order valence-corrected chi connectivity index (χ2v) is 7.16. The molecule has 2 fully saturated rings. The number of hydrogen-bond donors (Lipinski definition) is 1. The first-order valence-corrected chi connectivity index (χ1v) is 9.08. The lowest BCUT2D eigenvalue weighted by Gasteiger charge is -2.37. The number of imide groups is 1. The number of para-hydroxylation sites is 1. The van der Waals surface area contributed by atoms with Crippen LogP contribution in [0.5, 0.6) is 0 Å². The van der Waals surface area contributed by atoms with E-state index in [0.717, 1.165) is 18.0 Å². The van der Waals surface area contributed by atoms with E-state index in [4.69, 9.17) is 0 Å². The summed E-state index contributed by atoms with van der Waals surface area (Å²) in [6, 6.07) is 7.72. The van der Waals surface area contributed by atoms with Gasteiger partial charge in [0.1, 0.15) is 12.1 Å². The molecule has 140 valence electrons. The van der Waals surface area contributed by atoms with Gasteiger partial charge in [0.15, 0.2) is 0 Å². The number of anilines is 1. The molecular formula is C19H26N4O3. The van der Waals surface area contributed by atoms with E-state index in [1.54, 1.807) is 11.8 Å². The van der Waals surface area contributed by atoms with Crippen LogP contribution < -0.4 is 10.2 Å². The molecule has 0 radical (unpaired) electrons. The molecule has 0 bridgehead atoms. The van der Waals surface area contributed by atoms with Crippen molar-refractivity contribution in [2.24, 2.45) is 0 Å². The summed E-state index contributed by atoms with van der Waals surface area (Å²) in [5, 5.41) is 2.68. The number of carbonyl (C=O) groups is 3. The lowest BCUT2D eigenvalue weighted by atomic mass is 9.99. The quantitative estimate of drug-likeness (QED) is 0.825. The van der Waals surface area contributed by atoms with Crippen molar-refractivity contribution < 1.29 is 14.4 Å². The summed E-state index contributed by atoms with van der Waals surface area (Å²) in [5.41, 5.74) is 1.50. The van der Waals surface area contributed by atoms with Crippen LogP contribution >= 0.6 is 0 Å². The van der Waals surface area contributed by atoms with E-state index in [2.05, 4.69) is 29.3 Å². The van der Waals surface area contributed by atoms with Gasteiger partial charge in [0.25, 0.3) is 5.91 Å². The average molecular weight is 358 g/mol. The van der Waals surface area contributed by atoms with Crippen molar-refractivity contribution in [1.29, 1.82) is 0 Å². The minimum absolute atomic E-state index is 0.182. The van der Waals surface area contributed by atoms with Crippen LogP contribution in [0.3, 0.4) is 0 Å². The van der Waals surface area contributed by atoms with Crippen LogP contribution in [0.15, 0.2) is 24.3 Å². The summed E-state index contributed by atoms with van der Waals surface area (Å²) < 4.78 is 0. The first-order valence-electron chi connectivity index (χ1n) is 9.08. The van der Waals surface area contributed by atoms with Crippen molar-refractivity contribution in [2.45, 2.75) is 32.7 Å². The molecular weight excluding hydrogens is 332 g/mol. The number of benzene rings is 1. The Bertz CT molecular complexity index is 727. The highest BCUT2D eigenvalue weighted by Gasteiger charge is 2.47. The van der Waals surface area contributed by atoms with Gasteiger partial charge in [-0.3, -0.25) is 14.5 Å². The fourth-order valence-electron chi connectivity index (χ4n) is 3.48. The lowest BCUT2D eigenvalue weighted by molar-refractivity contribution is -0.139. The number of hydrogen-bond acceptors (Lipinski definition) is 4. The molecule has 1 aromatic rings. The van der Waals surface area contributed by atoms with Gasteiger partial charge in [-0.15, -0.1) is 0 Å². The first-order chi connectivity index (χ1) is 12.4. The Kier molecular flexibility index (Phi) is 4.89. The normalized spacial score (nSPS) is 23.4. The summed E-state index contributed by atoms with van der Waals surface area (Å²) in [5.74, 6) is -0.504. The number of carbonyl (C=O) groups excluding carboxylic acids is 3. The fraction of sp³-hybridized carbons (Fsp3) is 0.526. The predicted molar refractivity (Wildman–Crippen MR) is 98.9 cm³/mol. The third-order valence-electron chi connectivity index (χ3n) is 5.43. The van der Waals surface area contributed by atoms with Gasteiger partial charge in [-0.2, -0.15) is 0 Å². The minimum Gasteiger partial charge on any atom is -0.368 e. The molecule has 1 atom stereocenters. The molecule has 3 rings (SSSR count). The Balaban J connectivity index is 1.59. The SMILES string of the molecule is CC[C@]1(C)NC(=O)N(CC(=O)N2CCN(c3ccccc3C)CC2)C1=O. The van der Waals surface area contributed by atoms with Gasteiger partial charge in [-0.25, -0.2) is 4.79 Å². The van der Waals surface area contributed by atoms with E-state index < -0.39 is 11.6 Å². The Morgan fingerprint density at radius 2 is 1.81 bits per heavy atom. The summed E-state index contributed by atoms with van der Waals surface area (Å²) in [6.07, 6.45) is 0.497. The van der Waals surface area contributed by atoms with Gasteiger partial charge < -0.3 is 15.1 Å². The lowest BCUT2D eigenvalue weighted by Crippen LogP contribution is -2.52. The van der Waals surface area contributed by atoms with Crippen molar-refractivity contribution in [3.8, 4) is 0 Å². The largest absolute Gasteiger partial charge is 0.368 e. The molecule has 2 heterocycles. The average Bonchev–Trinajstić information content (AvgIpc) is 2.86. The number of piperazine rings is 1. The molecule has 7 heteroatoms. The van der Waals surface area contributed by atoms with Gasteiger partial charge in [0, 0.05) is 31.9 Å². The number of amides is 4. The van der Waals surface area contributed by atoms with Crippen LogP contribution in [0, 0.1) is 6.92 Å². The minimum atomic E-state index is -0.902. The van der Waals surface area contributed by atoms with Crippen LogP contribution in [0.2, 0.25) is 0 Å². The molecule has 2 saturated heterocycles. The highest BCUT2D eigenvalue weighted by atomic mass is 16.2. The Labute approximate surface area is 153 Å². The van der Waals surface area contributed by atoms with Crippen LogP contribution in [0.4, 0.5) is 10.5 Å². The number of aryl methyl sites for hydroxylation is 1. The molecule has 0 aromatic heterocycles. The number of urea groups is 1. The van der Waals surface area contributed by atoms with Crippen molar-refractivity contribution in [1.82, 2.24) is 15.1 Å². The third kappa shape index (κ3) is 3.25. The van der Waals surface area contributed by atoms with Gasteiger partial charge in [-0.05, 0) is 31.9 Å². The predicted octanol–water partition coefficient (Wildman–Crippen LogP) is 1.36. The van der Waals surface area contributed by atoms with Crippen molar-refractivity contribution >= 4 is 23.5 Å². The van der Waals surface area contributed by atoms with Gasteiger partial charge in [0.2, 0.25) is 5.91 Å². The topological polar surface area (TPSA) is 73.0 Å². The van der Waals surface area contributed by atoms with Crippen LogP contribution in [0.1, 0.15) is 25.8 Å². The Morgan fingerprint density at radius 3 is 2.38 bits per heavy atom. The van der Waals surface area contributed by atoms with Crippen molar-refractivity contribution in [3.63, 3.8) is 0 Å². The number of nitrogens with one attached hydrogen (secondary N) is 1.